The monoisotopic (exact) mass is 232 g/mol. The normalized spacial score (nSPS) is 11.1. The van der Waals surface area contributed by atoms with Gasteiger partial charge in [-0.15, -0.1) is 0 Å². The van der Waals surface area contributed by atoms with E-state index in [1.165, 1.54) is 12.1 Å². The summed E-state index contributed by atoms with van der Waals surface area (Å²) in [6, 6.07) is 4.18. The summed E-state index contributed by atoms with van der Waals surface area (Å²) in [7, 11) is -3.45. The Morgan fingerprint density at radius 2 is 2.07 bits per heavy atom. The van der Waals surface area contributed by atoms with Crippen molar-refractivity contribution in [1.29, 1.82) is 0 Å². The average molecular weight is 232 g/mol. The van der Waals surface area contributed by atoms with Gasteiger partial charge in [0.05, 0.1) is 11.9 Å². The summed E-state index contributed by atoms with van der Waals surface area (Å²) in [6.45, 7) is 2.58. The Hall–Kier alpha value is -1.30. The molecule has 0 radical (unpaired) electrons. The molecule has 2 N–H and O–H groups in total. The lowest BCUT2D eigenvalue weighted by atomic mass is 10.2. The van der Waals surface area contributed by atoms with Crippen molar-refractivity contribution in [3.05, 3.63) is 24.0 Å². The van der Waals surface area contributed by atoms with Crippen molar-refractivity contribution in [2.24, 2.45) is 0 Å². The van der Waals surface area contributed by atoms with Gasteiger partial charge in [-0.25, -0.2) is 12.8 Å². The molecule has 0 aliphatic heterocycles. The molecule has 0 aromatic heterocycles. The van der Waals surface area contributed by atoms with Crippen LogP contribution in [-0.2, 0) is 10.0 Å². The SMILES string of the molecule is CCNc1ccc(F)c(NS(C)(=O)=O)c1. The maximum absolute atomic E-state index is 13.2. The summed E-state index contributed by atoms with van der Waals surface area (Å²) in [5.74, 6) is -0.595. The van der Waals surface area contributed by atoms with Crippen LogP contribution in [0.1, 0.15) is 6.92 Å². The highest BCUT2D eigenvalue weighted by Gasteiger charge is 2.07. The highest BCUT2D eigenvalue weighted by Crippen LogP contribution is 2.20. The minimum absolute atomic E-state index is 0.0454. The molecule has 0 bridgehead atoms. The largest absolute Gasteiger partial charge is 0.385 e. The van der Waals surface area contributed by atoms with Gasteiger partial charge in [0.2, 0.25) is 10.0 Å². The van der Waals surface area contributed by atoms with Crippen molar-refractivity contribution >= 4 is 21.4 Å². The number of hydrogen-bond donors (Lipinski definition) is 2. The Labute approximate surface area is 88.6 Å². The van der Waals surface area contributed by atoms with Crippen LogP contribution >= 0.6 is 0 Å². The molecule has 0 unspecified atom stereocenters. The fourth-order valence-corrected chi connectivity index (χ4v) is 1.67. The zero-order valence-corrected chi connectivity index (χ0v) is 9.36. The summed E-state index contributed by atoms with van der Waals surface area (Å²) in [6.07, 6.45) is 0.979. The highest BCUT2D eigenvalue weighted by atomic mass is 32.2. The van der Waals surface area contributed by atoms with Crippen LogP contribution in [0.5, 0.6) is 0 Å². The first kappa shape index (κ1) is 11.8. The van der Waals surface area contributed by atoms with Gasteiger partial charge in [0.1, 0.15) is 5.82 Å². The van der Waals surface area contributed by atoms with Crippen molar-refractivity contribution in [3.8, 4) is 0 Å². The average Bonchev–Trinajstić information content (AvgIpc) is 2.09. The molecular weight excluding hydrogens is 219 g/mol. The van der Waals surface area contributed by atoms with Crippen LogP contribution in [0, 0.1) is 5.82 Å². The maximum Gasteiger partial charge on any atom is 0.229 e. The van der Waals surface area contributed by atoms with Gasteiger partial charge >= 0.3 is 0 Å². The lowest BCUT2D eigenvalue weighted by molar-refractivity contribution is 0.604. The number of hydrogen-bond acceptors (Lipinski definition) is 3. The molecule has 84 valence electrons. The fourth-order valence-electron chi connectivity index (χ4n) is 1.12. The van der Waals surface area contributed by atoms with E-state index in [9.17, 15) is 12.8 Å². The van der Waals surface area contributed by atoms with Crippen LogP contribution in [-0.4, -0.2) is 21.2 Å². The molecule has 1 aromatic carbocycles. The standard InChI is InChI=1S/C9H13FN2O2S/c1-3-11-7-4-5-8(10)9(6-7)12-15(2,13)14/h4-6,11-12H,3H2,1-2H3. The second-order valence-corrected chi connectivity index (χ2v) is 4.85. The molecule has 6 heteroatoms. The van der Waals surface area contributed by atoms with E-state index in [4.69, 9.17) is 0 Å². The van der Waals surface area contributed by atoms with Crippen molar-refractivity contribution in [1.82, 2.24) is 0 Å². The first-order valence-electron chi connectivity index (χ1n) is 4.43. The fraction of sp³-hybridized carbons (Fsp3) is 0.333. The van der Waals surface area contributed by atoms with Crippen molar-refractivity contribution in [2.75, 3.05) is 22.8 Å². The molecule has 1 aromatic rings. The van der Waals surface area contributed by atoms with Crippen molar-refractivity contribution in [2.45, 2.75) is 6.92 Å². The Kier molecular flexibility index (Phi) is 3.52. The van der Waals surface area contributed by atoms with E-state index >= 15 is 0 Å². The second-order valence-electron chi connectivity index (χ2n) is 3.10. The molecule has 4 nitrogen and oxygen atoms in total. The van der Waals surface area contributed by atoms with Gasteiger partial charge in [-0.2, -0.15) is 0 Å². The second kappa shape index (κ2) is 4.48. The Morgan fingerprint density at radius 3 is 2.60 bits per heavy atom. The number of halogens is 1. The molecule has 0 heterocycles. The molecule has 0 saturated carbocycles. The van der Waals surface area contributed by atoms with E-state index in [0.29, 0.717) is 12.2 Å². The van der Waals surface area contributed by atoms with Gasteiger partial charge in [-0.05, 0) is 25.1 Å². The molecule has 15 heavy (non-hydrogen) atoms. The minimum atomic E-state index is -3.45. The molecular formula is C9H13FN2O2S. The topological polar surface area (TPSA) is 58.2 Å². The van der Waals surface area contributed by atoms with Gasteiger partial charge in [-0.3, -0.25) is 4.72 Å². The number of nitrogens with one attached hydrogen (secondary N) is 2. The highest BCUT2D eigenvalue weighted by molar-refractivity contribution is 7.92. The van der Waals surface area contributed by atoms with Crippen LogP contribution in [0.3, 0.4) is 0 Å². The van der Waals surface area contributed by atoms with Gasteiger partial charge in [-0.1, -0.05) is 0 Å². The third-order valence-corrected chi connectivity index (χ3v) is 2.23. The molecule has 0 aliphatic carbocycles. The number of benzene rings is 1. The van der Waals surface area contributed by atoms with Crippen LogP contribution in [0.25, 0.3) is 0 Å². The minimum Gasteiger partial charge on any atom is -0.385 e. The van der Waals surface area contributed by atoms with Crippen molar-refractivity contribution < 1.29 is 12.8 Å². The van der Waals surface area contributed by atoms with Crippen molar-refractivity contribution in [3.63, 3.8) is 0 Å². The molecule has 0 saturated heterocycles. The van der Waals surface area contributed by atoms with E-state index in [0.717, 1.165) is 6.26 Å². The first-order chi connectivity index (χ1) is 6.92. The number of sulfonamides is 1. The third kappa shape index (κ3) is 3.75. The van der Waals surface area contributed by atoms with E-state index in [1.54, 1.807) is 6.07 Å². The van der Waals surface area contributed by atoms with Crippen LogP contribution in [0.2, 0.25) is 0 Å². The smallest absolute Gasteiger partial charge is 0.229 e. The van der Waals surface area contributed by atoms with Crippen LogP contribution < -0.4 is 10.0 Å². The molecule has 0 atom stereocenters. The zero-order chi connectivity index (χ0) is 11.5. The lowest BCUT2D eigenvalue weighted by Gasteiger charge is -2.08. The molecule has 0 spiro atoms. The zero-order valence-electron chi connectivity index (χ0n) is 8.54. The van der Waals surface area contributed by atoms with E-state index < -0.39 is 15.8 Å². The van der Waals surface area contributed by atoms with Crippen LogP contribution in [0.15, 0.2) is 18.2 Å². The summed E-state index contributed by atoms with van der Waals surface area (Å²) >= 11 is 0. The Bertz CT molecular complexity index is 445. The molecule has 0 aliphatic rings. The molecule has 0 fully saturated rings. The first-order valence-corrected chi connectivity index (χ1v) is 6.32. The van der Waals surface area contributed by atoms with E-state index in [2.05, 4.69) is 10.0 Å². The Morgan fingerprint density at radius 1 is 1.40 bits per heavy atom. The predicted molar refractivity (Wildman–Crippen MR) is 59.0 cm³/mol. The maximum atomic E-state index is 13.2. The lowest BCUT2D eigenvalue weighted by Crippen LogP contribution is -2.11. The van der Waals surface area contributed by atoms with Gasteiger partial charge < -0.3 is 5.32 Å². The number of anilines is 2. The summed E-state index contributed by atoms with van der Waals surface area (Å²) in [5, 5.41) is 2.96. The van der Waals surface area contributed by atoms with Crippen LogP contribution in [0.4, 0.5) is 15.8 Å². The Balaban J connectivity index is 3.00. The van der Waals surface area contributed by atoms with Gasteiger partial charge in [0.15, 0.2) is 0 Å². The summed E-state index contributed by atoms with van der Waals surface area (Å²) < 4.78 is 37.1. The molecule has 0 amide bonds. The van der Waals surface area contributed by atoms with E-state index in [-0.39, 0.29) is 5.69 Å². The van der Waals surface area contributed by atoms with Gasteiger partial charge in [0, 0.05) is 12.2 Å². The summed E-state index contributed by atoms with van der Waals surface area (Å²) in [5.41, 5.74) is 0.626. The molecule has 1 rings (SSSR count). The predicted octanol–water partition coefficient (Wildman–Crippen LogP) is 1.63. The van der Waals surface area contributed by atoms with Gasteiger partial charge in [0.25, 0.3) is 0 Å². The number of rotatable bonds is 4. The third-order valence-electron chi connectivity index (χ3n) is 1.64. The summed E-state index contributed by atoms with van der Waals surface area (Å²) in [4.78, 5) is 0. The quantitative estimate of drug-likeness (QED) is 0.829. The van der Waals surface area contributed by atoms with E-state index in [1.807, 2.05) is 6.92 Å².